The van der Waals surface area contributed by atoms with Crippen LogP contribution in [-0.2, 0) is 19.7 Å². The Balaban J connectivity index is 1.64. The van der Waals surface area contributed by atoms with Crippen LogP contribution in [0.1, 0.15) is 0 Å². The number of hydrogen-bond acceptors (Lipinski definition) is 9. The first-order valence-corrected chi connectivity index (χ1v) is 12.3. The SMILES string of the molecule is CS(=O)(=O)c1ccc(NCC(O)COc2ccc3c(c2)OCO3)c(S(C)(=O)=O)c1. The Hall–Kier alpha value is -2.50. The van der Waals surface area contributed by atoms with Gasteiger partial charge in [-0.05, 0) is 30.3 Å². The molecular weight excluding hydrogens is 422 g/mol. The number of anilines is 1. The first-order chi connectivity index (χ1) is 13.5. The summed E-state index contributed by atoms with van der Waals surface area (Å²) in [5.74, 6) is 1.66. The van der Waals surface area contributed by atoms with Gasteiger partial charge in [-0.3, -0.25) is 0 Å². The highest BCUT2D eigenvalue weighted by Gasteiger charge is 2.19. The largest absolute Gasteiger partial charge is 0.491 e. The van der Waals surface area contributed by atoms with E-state index in [-0.39, 0.29) is 35.4 Å². The minimum absolute atomic E-state index is 0.00864. The Kier molecular flexibility index (Phi) is 5.92. The van der Waals surface area contributed by atoms with Crippen LogP contribution in [0, 0.1) is 0 Å². The molecule has 9 nitrogen and oxygen atoms in total. The predicted octanol–water partition coefficient (Wildman–Crippen LogP) is 1.07. The second-order valence-corrected chi connectivity index (χ2v) is 10.6. The van der Waals surface area contributed by atoms with E-state index in [1.165, 1.54) is 12.1 Å². The van der Waals surface area contributed by atoms with E-state index in [1.54, 1.807) is 18.2 Å². The fraction of sp³-hybridized carbons (Fsp3) is 0.333. The summed E-state index contributed by atoms with van der Waals surface area (Å²) in [7, 11) is -7.25. The van der Waals surface area contributed by atoms with Crippen molar-refractivity contribution in [2.24, 2.45) is 0 Å². The summed E-state index contributed by atoms with van der Waals surface area (Å²) < 4.78 is 63.4. The first kappa shape index (κ1) is 21.2. The lowest BCUT2D eigenvalue weighted by Crippen LogP contribution is -2.26. The van der Waals surface area contributed by atoms with Crippen LogP contribution in [0.4, 0.5) is 5.69 Å². The third kappa shape index (κ3) is 5.31. The summed E-state index contributed by atoms with van der Waals surface area (Å²) in [6.07, 6.45) is 1.03. The molecule has 2 aromatic carbocycles. The zero-order valence-corrected chi connectivity index (χ0v) is 17.4. The molecule has 11 heteroatoms. The van der Waals surface area contributed by atoms with Crippen molar-refractivity contribution < 1.29 is 36.2 Å². The number of aliphatic hydroxyl groups is 1. The minimum atomic E-state index is -3.69. The quantitative estimate of drug-likeness (QED) is 0.616. The minimum Gasteiger partial charge on any atom is -0.491 e. The summed E-state index contributed by atoms with van der Waals surface area (Å²) in [5.41, 5.74) is 0.196. The van der Waals surface area contributed by atoms with Crippen molar-refractivity contribution in [1.29, 1.82) is 0 Å². The van der Waals surface area contributed by atoms with Crippen LogP contribution in [0.5, 0.6) is 17.2 Å². The molecule has 0 aromatic heterocycles. The average Bonchev–Trinajstić information content (AvgIpc) is 3.10. The molecule has 0 radical (unpaired) electrons. The molecule has 1 aliphatic rings. The van der Waals surface area contributed by atoms with Gasteiger partial charge in [0.15, 0.2) is 31.2 Å². The maximum Gasteiger partial charge on any atom is 0.231 e. The van der Waals surface area contributed by atoms with Crippen LogP contribution in [0.25, 0.3) is 0 Å². The van der Waals surface area contributed by atoms with Gasteiger partial charge in [-0.25, -0.2) is 16.8 Å². The van der Waals surface area contributed by atoms with Gasteiger partial charge < -0.3 is 24.6 Å². The van der Waals surface area contributed by atoms with Crippen LogP contribution >= 0.6 is 0 Å². The third-order valence-corrected chi connectivity index (χ3v) is 6.34. The Morgan fingerprint density at radius 3 is 2.45 bits per heavy atom. The van der Waals surface area contributed by atoms with Gasteiger partial charge in [-0.1, -0.05) is 0 Å². The number of fused-ring (bicyclic) bond motifs is 1. The second-order valence-electron chi connectivity index (χ2n) is 6.56. The molecule has 0 saturated heterocycles. The lowest BCUT2D eigenvalue weighted by Gasteiger charge is -2.16. The van der Waals surface area contributed by atoms with Gasteiger partial charge in [0.2, 0.25) is 6.79 Å². The van der Waals surface area contributed by atoms with Crippen LogP contribution in [0.2, 0.25) is 0 Å². The summed E-state index contributed by atoms with van der Waals surface area (Å²) in [6.45, 7) is 0.0830. The van der Waals surface area contributed by atoms with Crippen molar-refractivity contribution in [2.45, 2.75) is 15.9 Å². The number of sulfone groups is 2. The van der Waals surface area contributed by atoms with E-state index in [0.717, 1.165) is 18.6 Å². The number of rotatable bonds is 8. The van der Waals surface area contributed by atoms with Gasteiger partial charge >= 0.3 is 0 Å². The average molecular weight is 443 g/mol. The molecule has 1 unspecified atom stereocenters. The van der Waals surface area contributed by atoms with Crippen LogP contribution in [0.3, 0.4) is 0 Å². The van der Waals surface area contributed by atoms with E-state index in [0.29, 0.717) is 17.2 Å². The summed E-state index contributed by atoms with van der Waals surface area (Å²) >= 11 is 0. The molecule has 0 amide bonds. The number of nitrogens with one attached hydrogen (secondary N) is 1. The van der Waals surface area contributed by atoms with Gasteiger partial charge in [-0.15, -0.1) is 0 Å². The standard InChI is InChI=1S/C18H21NO8S2/c1-28(21,22)14-4-5-15(18(8-14)29(2,23)24)19-9-12(20)10-25-13-3-6-16-17(7-13)27-11-26-16/h3-8,12,19-20H,9-11H2,1-2H3. The summed E-state index contributed by atoms with van der Waals surface area (Å²) in [5, 5.41) is 13.0. The molecule has 2 aromatic rings. The normalized spacial score (nSPS) is 14.4. The molecule has 29 heavy (non-hydrogen) atoms. The zero-order valence-electron chi connectivity index (χ0n) is 15.8. The zero-order chi connectivity index (χ0) is 21.2. The third-order valence-electron chi connectivity index (χ3n) is 4.10. The molecule has 158 valence electrons. The number of hydrogen-bond donors (Lipinski definition) is 2. The van der Waals surface area contributed by atoms with E-state index >= 15 is 0 Å². The summed E-state index contributed by atoms with van der Waals surface area (Å²) in [6, 6.07) is 8.79. The molecule has 1 heterocycles. The van der Waals surface area contributed by atoms with Crippen LogP contribution in [0.15, 0.2) is 46.2 Å². The lowest BCUT2D eigenvalue weighted by molar-refractivity contribution is 0.117. The van der Waals surface area contributed by atoms with Gasteiger partial charge in [0.25, 0.3) is 0 Å². The molecule has 0 fully saturated rings. The monoisotopic (exact) mass is 443 g/mol. The predicted molar refractivity (Wildman–Crippen MR) is 105 cm³/mol. The maximum absolute atomic E-state index is 12.0. The van der Waals surface area contributed by atoms with Crippen molar-refractivity contribution >= 4 is 25.4 Å². The van der Waals surface area contributed by atoms with Crippen molar-refractivity contribution in [3.63, 3.8) is 0 Å². The van der Waals surface area contributed by atoms with Gasteiger partial charge in [0.05, 0.1) is 15.5 Å². The smallest absolute Gasteiger partial charge is 0.231 e. The number of ether oxygens (including phenoxy) is 3. The molecular formula is C18H21NO8S2. The van der Waals surface area contributed by atoms with E-state index in [9.17, 15) is 21.9 Å². The van der Waals surface area contributed by atoms with Crippen LogP contribution < -0.4 is 19.5 Å². The highest BCUT2D eigenvalue weighted by atomic mass is 32.2. The van der Waals surface area contributed by atoms with Crippen molar-refractivity contribution in [3.8, 4) is 17.2 Å². The van der Waals surface area contributed by atoms with E-state index in [1.807, 2.05) is 0 Å². The lowest BCUT2D eigenvalue weighted by atomic mass is 10.3. The van der Waals surface area contributed by atoms with Crippen LogP contribution in [-0.4, -0.2) is 60.5 Å². The summed E-state index contributed by atoms with van der Waals surface area (Å²) in [4.78, 5) is -0.264. The van der Waals surface area contributed by atoms with Crippen molar-refractivity contribution in [3.05, 3.63) is 36.4 Å². The van der Waals surface area contributed by atoms with Gasteiger partial charge in [-0.2, -0.15) is 0 Å². The topological polar surface area (TPSA) is 128 Å². The van der Waals surface area contributed by atoms with E-state index < -0.39 is 25.8 Å². The Bertz CT molecular complexity index is 1110. The number of benzene rings is 2. The Labute approximate surface area is 169 Å². The van der Waals surface area contributed by atoms with Gasteiger partial charge in [0.1, 0.15) is 18.5 Å². The van der Waals surface area contributed by atoms with E-state index in [4.69, 9.17) is 14.2 Å². The molecule has 0 aliphatic carbocycles. The highest BCUT2D eigenvalue weighted by molar-refractivity contribution is 7.91. The van der Waals surface area contributed by atoms with Crippen molar-refractivity contribution in [1.82, 2.24) is 0 Å². The molecule has 1 aliphatic heterocycles. The molecule has 1 atom stereocenters. The van der Waals surface area contributed by atoms with E-state index in [2.05, 4.69) is 5.32 Å². The maximum atomic E-state index is 12.0. The number of aliphatic hydroxyl groups excluding tert-OH is 1. The fourth-order valence-electron chi connectivity index (χ4n) is 2.63. The molecule has 2 N–H and O–H groups in total. The first-order valence-electron chi connectivity index (χ1n) is 8.52. The highest BCUT2D eigenvalue weighted by Crippen LogP contribution is 2.35. The van der Waals surface area contributed by atoms with Crippen molar-refractivity contribution in [2.75, 3.05) is 37.8 Å². The molecule has 3 rings (SSSR count). The Morgan fingerprint density at radius 1 is 1.03 bits per heavy atom. The second kappa shape index (κ2) is 8.09. The van der Waals surface area contributed by atoms with Gasteiger partial charge in [0, 0.05) is 25.1 Å². The Morgan fingerprint density at radius 2 is 1.76 bits per heavy atom. The molecule has 0 bridgehead atoms. The fourth-order valence-corrected chi connectivity index (χ4v) is 4.23. The molecule has 0 saturated carbocycles. The molecule has 0 spiro atoms.